The number of benzene rings is 2. The summed E-state index contributed by atoms with van der Waals surface area (Å²) in [6, 6.07) is 12.8. The molecule has 0 saturated heterocycles. The van der Waals surface area contributed by atoms with Crippen molar-refractivity contribution in [3.63, 3.8) is 0 Å². The standard InChI is InChI=1S/C15H13Br2NO2S/c1-10-9-18(14-5-3-2-4-12(10)14)21(19,20)15-8-11(16)6-7-13(15)17/h2-8,10H,9H2,1H3. The maximum absolute atomic E-state index is 13.0. The number of nitrogens with zero attached hydrogens (tertiary/aromatic N) is 1. The molecule has 2 aromatic rings. The van der Waals surface area contributed by atoms with E-state index in [1.165, 1.54) is 4.31 Å². The number of sulfonamides is 1. The summed E-state index contributed by atoms with van der Waals surface area (Å²) in [6.07, 6.45) is 0. The smallest absolute Gasteiger partial charge is 0.265 e. The molecule has 1 aliphatic rings. The summed E-state index contributed by atoms with van der Waals surface area (Å²) in [4.78, 5) is 0.278. The number of anilines is 1. The molecule has 110 valence electrons. The Balaban J connectivity index is 2.14. The van der Waals surface area contributed by atoms with E-state index >= 15 is 0 Å². The van der Waals surface area contributed by atoms with E-state index in [0.29, 0.717) is 11.0 Å². The summed E-state index contributed by atoms with van der Waals surface area (Å²) < 4.78 is 28.8. The molecule has 0 spiro atoms. The summed E-state index contributed by atoms with van der Waals surface area (Å²) in [5.41, 5.74) is 1.85. The summed E-state index contributed by atoms with van der Waals surface area (Å²) in [5, 5.41) is 0. The molecule has 0 fully saturated rings. The summed E-state index contributed by atoms with van der Waals surface area (Å²) in [7, 11) is -3.58. The van der Waals surface area contributed by atoms with Crippen LogP contribution in [0.25, 0.3) is 0 Å². The van der Waals surface area contributed by atoms with E-state index in [1.54, 1.807) is 12.1 Å². The highest BCUT2D eigenvalue weighted by Gasteiger charge is 2.35. The number of hydrogen-bond acceptors (Lipinski definition) is 2. The predicted octanol–water partition coefficient (Wildman–Crippen LogP) is 4.52. The second-order valence-electron chi connectivity index (χ2n) is 5.07. The molecule has 1 unspecified atom stereocenters. The molecule has 0 radical (unpaired) electrons. The molecular weight excluding hydrogens is 418 g/mol. The van der Waals surface area contributed by atoms with Crippen LogP contribution < -0.4 is 4.31 Å². The van der Waals surface area contributed by atoms with Crippen LogP contribution in [-0.2, 0) is 10.0 Å². The van der Waals surface area contributed by atoms with Crippen LogP contribution in [0.3, 0.4) is 0 Å². The lowest BCUT2D eigenvalue weighted by atomic mass is 10.0. The molecule has 2 aromatic carbocycles. The van der Waals surface area contributed by atoms with Crippen LogP contribution in [-0.4, -0.2) is 15.0 Å². The van der Waals surface area contributed by atoms with Crippen molar-refractivity contribution in [3.05, 3.63) is 57.0 Å². The van der Waals surface area contributed by atoms with Crippen molar-refractivity contribution in [2.45, 2.75) is 17.7 Å². The zero-order valence-corrected chi connectivity index (χ0v) is 15.2. The Kier molecular flexibility index (Phi) is 3.88. The molecular formula is C15H13Br2NO2S. The molecule has 1 heterocycles. The first kappa shape index (κ1) is 15.1. The van der Waals surface area contributed by atoms with Crippen molar-refractivity contribution in [1.82, 2.24) is 0 Å². The zero-order chi connectivity index (χ0) is 15.2. The first-order valence-electron chi connectivity index (χ1n) is 6.48. The SMILES string of the molecule is CC1CN(S(=O)(=O)c2cc(Br)ccc2Br)c2ccccc21. The van der Waals surface area contributed by atoms with Crippen LogP contribution in [0.15, 0.2) is 56.3 Å². The lowest BCUT2D eigenvalue weighted by molar-refractivity contribution is 0.590. The average molecular weight is 431 g/mol. The molecule has 0 aromatic heterocycles. The normalized spacial score (nSPS) is 17.9. The molecule has 0 N–H and O–H groups in total. The lowest BCUT2D eigenvalue weighted by Crippen LogP contribution is -2.30. The van der Waals surface area contributed by atoms with Gasteiger partial charge in [0.15, 0.2) is 0 Å². The van der Waals surface area contributed by atoms with Crippen LogP contribution in [0, 0.1) is 0 Å². The first-order valence-corrected chi connectivity index (χ1v) is 9.50. The van der Waals surface area contributed by atoms with E-state index in [1.807, 2.05) is 37.3 Å². The third-order valence-electron chi connectivity index (χ3n) is 3.64. The number of fused-ring (bicyclic) bond motifs is 1. The summed E-state index contributed by atoms with van der Waals surface area (Å²) >= 11 is 6.68. The Morgan fingerprint density at radius 2 is 1.86 bits per heavy atom. The molecule has 3 rings (SSSR count). The van der Waals surface area contributed by atoms with Gasteiger partial charge in [0, 0.05) is 21.4 Å². The van der Waals surface area contributed by atoms with Gasteiger partial charge in [-0.2, -0.15) is 0 Å². The highest BCUT2D eigenvalue weighted by Crippen LogP contribution is 2.40. The zero-order valence-electron chi connectivity index (χ0n) is 11.3. The van der Waals surface area contributed by atoms with E-state index < -0.39 is 10.0 Å². The third kappa shape index (κ3) is 2.53. The van der Waals surface area contributed by atoms with Gasteiger partial charge in [-0.15, -0.1) is 0 Å². The number of hydrogen-bond donors (Lipinski definition) is 0. The molecule has 21 heavy (non-hydrogen) atoms. The highest BCUT2D eigenvalue weighted by molar-refractivity contribution is 9.11. The van der Waals surface area contributed by atoms with Gasteiger partial charge in [-0.3, -0.25) is 4.31 Å². The lowest BCUT2D eigenvalue weighted by Gasteiger charge is -2.20. The maximum atomic E-state index is 13.0. The van der Waals surface area contributed by atoms with Gasteiger partial charge in [0.05, 0.1) is 5.69 Å². The van der Waals surface area contributed by atoms with Crippen LogP contribution in [0.1, 0.15) is 18.4 Å². The molecule has 1 atom stereocenters. The fraction of sp³-hybridized carbons (Fsp3) is 0.200. The van der Waals surface area contributed by atoms with Crippen molar-refractivity contribution in [3.8, 4) is 0 Å². The van der Waals surface area contributed by atoms with Gasteiger partial charge < -0.3 is 0 Å². The van der Waals surface area contributed by atoms with Gasteiger partial charge in [0.2, 0.25) is 0 Å². The fourth-order valence-electron chi connectivity index (χ4n) is 2.60. The molecule has 0 bridgehead atoms. The largest absolute Gasteiger partial charge is 0.265 e. The Morgan fingerprint density at radius 1 is 1.14 bits per heavy atom. The van der Waals surface area contributed by atoms with Crippen LogP contribution >= 0.6 is 31.9 Å². The van der Waals surface area contributed by atoms with Crippen molar-refractivity contribution in [1.29, 1.82) is 0 Å². The van der Waals surface area contributed by atoms with E-state index in [2.05, 4.69) is 31.9 Å². The molecule has 0 amide bonds. The summed E-state index contributed by atoms with van der Waals surface area (Å²) in [6.45, 7) is 2.52. The minimum absolute atomic E-state index is 0.196. The molecule has 6 heteroatoms. The van der Waals surface area contributed by atoms with Crippen molar-refractivity contribution in [2.75, 3.05) is 10.8 Å². The van der Waals surface area contributed by atoms with Gasteiger partial charge in [-0.1, -0.05) is 41.1 Å². The number of rotatable bonds is 2. The average Bonchev–Trinajstić information content (AvgIpc) is 2.80. The minimum Gasteiger partial charge on any atom is -0.265 e. The van der Waals surface area contributed by atoms with Gasteiger partial charge in [-0.25, -0.2) is 8.42 Å². The van der Waals surface area contributed by atoms with Gasteiger partial charge in [-0.05, 0) is 45.8 Å². The number of para-hydroxylation sites is 1. The molecule has 3 nitrogen and oxygen atoms in total. The topological polar surface area (TPSA) is 37.4 Å². The van der Waals surface area contributed by atoms with E-state index in [0.717, 1.165) is 15.7 Å². The fourth-order valence-corrected chi connectivity index (χ4v) is 5.64. The maximum Gasteiger partial charge on any atom is 0.265 e. The summed E-state index contributed by atoms with van der Waals surface area (Å²) in [5.74, 6) is 0.196. The highest BCUT2D eigenvalue weighted by atomic mass is 79.9. The van der Waals surface area contributed by atoms with E-state index in [-0.39, 0.29) is 10.8 Å². The Morgan fingerprint density at radius 3 is 2.62 bits per heavy atom. The molecule has 0 aliphatic carbocycles. The minimum atomic E-state index is -3.58. The molecule has 0 saturated carbocycles. The number of halogens is 2. The van der Waals surface area contributed by atoms with E-state index in [9.17, 15) is 8.42 Å². The van der Waals surface area contributed by atoms with E-state index in [4.69, 9.17) is 0 Å². The Bertz CT molecular complexity index is 805. The van der Waals surface area contributed by atoms with Gasteiger partial charge >= 0.3 is 0 Å². The Labute approximate surface area is 141 Å². The first-order chi connectivity index (χ1) is 9.91. The Hall–Kier alpha value is -0.850. The van der Waals surface area contributed by atoms with Crippen LogP contribution in [0.2, 0.25) is 0 Å². The predicted molar refractivity (Wildman–Crippen MR) is 91.2 cm³/mol. The quantitative estimate of drug-likeness (QED) is 0.702. The van der Waals surface area contributed by atoms with Crippen molar-refractivity contribution >= 4 is 47.6 Å². The second-order valence-corrected chi connectivity index (χ2v) is 8.67. The van der Waals surface area contributed by atoms with Crippen LogP contribution in [0.4, 0.5) is 5.69 Å². The molecule has 1 aliphatic heterocycles. The van der Waals surface area contributed by atoms with Crippen molar-refractivity contribution in [2.24, 2.45) is 0 Å². The van der Waals surface area contributed by atoms with Gasteiger partial charge in [0.25, 0.3) is 10.0 Å². The van der Waals surface area contributed by atoms with Crippen molar-refractivity contribution < 1.29 is 8.42 Å². The van der Waals surface area contributed by atoms with Gasteiger partial charge in [0.1, 0.15) is 4.90 Å². The van der Waals surface area contributed by atoms with Crippen LogP contribution in [0.5, 0.6) is 0 Å². The third-order valence-corrected chi connectivity index (χ3v) is 6.90. The monoisotopic (exact) mass is 429 g/mol. The second kappa shape index (κ2) is 5.41.